The Bertz CT molecular complexity index is 550. The standard InChI is InChI=1S/C10H4F3IN4/c11-10(12,13)6-1-7(14)3-8(2-6)17-18-9(4-15)5-16/h1-3,17H. The summed E-state index contributed by atoms with van der Waals surface area (Å²) in [6.45, 7) is 0. The van der Waals surface area contributed by atoms with Crippen molar-refractivity contribution in [2.45, 2.75) is 6.18 Å². The highest BCUT2D eigenvalue weighted by Crippen LogP contribution is 2.32. The second-order valence-electron chi connectivity index (χ2n) is 3.02. The van der Waals surface area contributed by atoms with Crippen molar-refractivity contribution in [1.82, 2.24) is 0 Å². The highest BCUT2D eigenvalue weighted by molar-refractivity contribution is 14.1. The summed E-state index contributed by atoms with van der Waals surface area (Å²) < 4.78 is 37.9. The van der Waals surface area contributed by atoms with Gasteiger partial charge in [-0.2, -0.15) is 28.8 Å². The molecule has 0 bridgehead atoms. The maximum absolute atomic E-state index is 12.5. The van der Waals surface area contributed by atoms with Crippen LogP contribution in [0.2, 0.25) is 0 Å². The van der Waals surface area contributed by atoms with Gasteiger partial charge in [-0.15, -0.1) is 0 Å². The Labute approximate surface area is 114 Å². The van der Waals surface area contributed by atoms with E-state index in [1.54, 1.807) is 22.6 Å². The fourth-order valence-electron chi connectivity index (χ4n) is 1.01. The molecular formula is C10H4F3IN4. The van der Waals surface area contributed by atoms with Gasteiger partial charge in [0.05, 0.1) is 11.3 Å². The molecule has 0 heterocycles. The van der Waals surface area contributed by atoms with Crippen molar-refractivity contribution in [2.24, 2.45) is 5.10 Å². The zero-order valence-corrected chi connectivity index (χ0v) is 10.7. The lowest BCUT2D eigenvalue weighted by Crippen LogP contribution is -2.06. The third-order valence-electron chi connectivity index (χ3n) is 1.73. The predicted octanol–water partition coefficient (Wildman–Crippen LogP) is 3.13. The van der Waals surface area contributed by atoms with Crippen LogP contribution in [0.25, 0.3) is 0 Å². The molecule has 0 aromatic heterocycles. The van der Waals surface area contributed by atoms with Crippen molar-refractivity contribution in [1.29, 1.82) is 10.5 Å². The first-order valence-corrected chi connectivity index (χ1v) is 5.46. The number of nitriles is 2. The molecule has 4 nitrogen and oxygen atoms in total. The van der Waals surface area contributed by atoms with Crippen LogP contribution in [0.4, 0.5) is 18.9 Å². The summed E-state index contributed by atoms with van der Waals surface area (Å²) in [7, 11) is 0. The molecule has 18 heavy (non-hydrogen) atoms. The van der Waals surface area contributed by atoms with Crippen LogP contribution >= 0.6 is 22.6 Å². The first-order chi connectivity index (χ1) is 8.36. The number of nitrogens with one attached hydrogen (secondary N) is 1. The largest absolute Gasteiger partial charge is 0.416 e. The van der Waals surface area contributed by atoms with E-state index in [9.17, 15) is 13.2 Å². The van der Waals surface area contributed by atoms with Crippen molar-refractivity contribution < 1.29 is 13.2 Å². The highest BCUT2D eigenvalue weighted by atomic mass is 127. The van der Waals surface area contributed by atoms with Gasteiger partial charge in [0, 0.05) is 3.57 Å². The molecule has 0 saturated heterocycles. The monoisotopic (exact) mass is 364 g/mol. The first-order valence-electron chi connectivity index (χ1n) is 4.38. The fraction of sp³-hybridized carbons (Fsp3) is 0.100. The van der Waals surface area contributed by atoms with E-state index in [2.05, 4.69) is 10.5 Å². The van der Waals surface area contributed by atoms with E-state index < -0.39 is 17.5 Å². The highest BCUT2D eigenvalue weighted by Gasteiger charge is 2.31. The van der Waals surface area contributed by atoms with Crippen molar-refractivity contribution in [2.75, 3.05) is 5.43 Å². The van der Waals surface area contributed by atoms with Crippen LogP contribution < -0.4 is 5.43 Å². The Hall–Kier alpha value is -1.81. The van der Waals surface area contributed by atoms with Gasteiger partial charge in [0.1, 0.15) is 12.1 Å². The molecule has 0 saturated carbocycles. The van der Waals surface area contributed by atoms with Crippen LogP contribution in [0.1, 0.15) is 5.56 Å². The molecule has 1 N–H and O–H groups in total. The maximum Gasteiger partial charge on any atom is 0.416 e. The molecule has 1 aromatic rings. The summed E-state index contributed by atoms with van der Waals surface area (Å²) in [6, 6.07) is 6.20. The van der Waals surface area contributed by atoms with Gasteiger partial charge in [0.2, 0.25) is 5.71 Å². The number of alkyl halides is 3. The van der Waals surface area contributed by atoms with E-state index in [0.29, 0.717) is 3.57 Å². The fourth-order valence-corrected chi connectivity index (χ4v) is 1.68. The third kappa shape index (κ3) is 3.89. The summed E-state index contributed by atoms with van der Waals surface area (Å²) in [4.78, 5) is 0. The third-order valence-corrected chi connectivity index (χ3v) is 2.36. The number of nitrogens with zero attached hydrogens (tertiary/aromatic N) is 3. The average Bonchev–Trinajstić information content (AvgIpc) is 2.28. The van der Waals surface area contributed by atoms with Crippen molar-refractivity contribution >= 4 is 34.0 Å². The van der Waals surface area contributed by atoms with E-state index in [0.717, 1.165) is 12.1 Å². The number of hydrogen-bond donors (Lipinski definition) is 1. The van der Waals surface area contributed by atoms with Crippen LogP contribution in [0.3, 0.4) is 0 Å². The van der Waals surface area contributed by atoms with Crippen LogP contribution in [0.5, 0.6) is 0 Å². The second-order valence-corrected chi connectivity index (χ2v) is 4.27. The van der Waals surface area contributed by atoms with Crippen LogP contribution in [0.15, 0.2) is 23.3 Å². The lowest BCUT2D eigenvalue weighted by molar-refractivity contribution is -0.137. The molecule has 0 aliphatic carbocycles. The van der Waals surface area contributed by atoms with E-state index in [-0.39, 0.29) is 5.69 Å². The molecule has 0 unspecified atom stereocenters. The molecule has 0 fully saturated rings. The Kier molecular flexibility index (Phi) is 4.50. The lowest BCUT2D eigenvalue weighted by atomic mass is 10.2. The van der Waals surface area contributed by atoms with Crippen LogP contribution in [-0.4, -0.2) is 5.71 Å². The maximum atomic E-state index is 12.5. The first kappa shape index (κ1) is 14.3. The summed E-state index contributed by atoms with van der Waals surface area (Å²) >= 11 is 1.73. The minimum atomic E-state index is -4.46. The van der Waals surface area contributed by atoms with Crippen LogP contribution in [0, 0.1) is 26.2 Å². The number of rotatable bonds is 2. The molecule has 1 rings (SSSR count). The predicted molar refractivity (Wildman–Crippen MR) is 66.4 cm³/mol. The number of halogens is 4. The molecule has 0 aliphatic rings. The van der Waals surface area contributed by atoms with E-state index in [4.69, 9.17) is 10.5 Å². The van der Waals surface area contributed by atoms with Gasteiger partial charge < -0.3 is 0 Å². The average molecular weight is 364 g/mol. The smallest absolute Gasteiger partial charge is 0.276 e. The Morgan fingerprint density at radius 2 is 1.83 bits per heavy atom. The molecule has 0 aliphatic heterocycles. The minimum absolute atomic E-state index is 0.0530. The molecular weight excluding hydrogens is 360 g/mol. The zero-order chi connectivity index (χ0) is 13.8. The SMILES string of the molecule is N#CC(C#N)=NNc1cc(I)cc(C(F)(F)F)c1. The summed E-state index contributed by atoms with van der Waals surface area (Å²) in [5.41, 5.74) is 0.990. The van der Waals surface area contributed by atoms with Gasteiger partial charge >= 0.3 is 6.18 Å². The Morgan fingerprint density at radius 3 is 2.33 bits per heavy atom. The minimum Gasteiger partial charge on any atom is -0.276 e. The number of hydrazone groups is 1. The van der Waals surface area contributed by atoms with Gasteiger partial charge in [-0.25, -0.2) is 0 Å². The Balaban J connectivity index is 3.06. The molecule has 1 aromatic carbocycles. The van der Waals surface area contributed by atoms with Gasteiger partial charge in [-0.05, 0) is 40.8 Å². The summed E-state index contributed by atoms with van der Waals surface area (Å²) in [6.07, 6.45) is -4.46. The molecule has 0 spiro atoms. The number of anilines is 1. The number of benzene rings is 1. The summed E-state index contributed by atoms with van der Waals surface area (Å²) in [5.74, 6) is 0. The molecule has 0 amide bonds. The van der Waals surface area contributed by atoms with Crippen LogP contribution in [-0.2, 0) is 6.18 Å². The topological polar surface area (TPSA) is 72.0 Å². The van der Waals surface area contributed by atoms with E-state index >= 15 is 0 Å². The lowest BCUT2D eigenvalue weighted by Gasteiger charge is -2.09. The zero-order valence-electron chi connectivity index (χ0n) is 8.59. The summed E-state index contributed by atoms with van der Waals surface area (Å²) in [5, 5.41) is 20.2. The van der Waals surface area contributed by atoms with Gasteiger partial charge in [-0.3, -0.25) is 5.43 Å². The molecule has 0 atom stereocenters. The van der Waals surface area contributed by atoms with Crippen molar-refractivity contribution in [3.05, 3.63) is 27.3 Å². The van der Waals surface area contributed by atoms with Gasteiger partial charge in [0.15, 0.2) is 0 Å². The number of hydrogen-bond acceptors (Lipinski definition) is 4. The van der Waals surface area contributed by atoms with Crippen molar-refractivity contribution in [3.8, 4) is 12.1 Å². The second kappa shape index (κ2) is 5.69. The normalized spacial score (nSPS) is 10.1. The van der Waals surface area contributed by atoms with Gasteiger partial charge in [-0.1, -0.05) is 0 Å². The van der Waals surface area contributed by atoms with E-state index in [1.165, 1.54) is 18.2 Å². The molecule has 8 heteroatoms. The molecule has 0 radical (unpaired) electrons. The van der Waals surface area contributed by atoms with Gasteiger partial charge in [0.25, 0.3) is 0 Å². The molecule has 92 valence electrons. The van der Waals surface area contributed by atoms with E-state index in [1.807, 2.05) is 0 Å². The Morgan fingerprint density at radius 1 is 1.22 bits per heavy atom. The van der Waals surface area contributed by atoms with Crippen molar-refractivity contribution in [3.63, 3.8) is 0 Å². The quantitative estimate of drug-likeness (QED) is 0.498.